The summed E-state index contributed by atoms with van der Waals surface area (Å²) in [5.74, 6) is 0. The van der Waals surface area contributed by atoms with Crippen LogP contribution in [0.3, 0.4) is 0 Å². The normalized spacial score (nSPS) is 20.1. The fraction of sp³-hybridized carbons (Fsp3) is 0.308. The third-order valence-electron chi connectivity index (χ3n) is 7.35. The summed E-state index contributed by atoms with van der Waals surface area (Å²) in [7, 11) is -1.97. The summed E-state index contributed by atoms with van der Waals surface area (Å²) in [6.45, 7) is 13.3. The van der Waals surface area contributed by atoms with Crippen molar-refractivity contribution in [3.63, 3.8) is 0 Å². The minimum absolute atomic E-state index is 0.322. The van der Waals surface area contributed by atoms with Crippen molar-refractivity contribution in [3.05, 3.63) is 66.7 Å². The smallest absolute Gasteiger partial charge is 0.399 e. The topological polar surface area (TPSA) is 18.5 Å². The molecule has 0 N–H and O–H groups in total. The summed E-state index contributed by atoms with van der Waals surface area (Å²) in [5, 5.41) is 3.08. The van der Waals surface area contributed by atoms with Crippen LogP contribution in [-0.4, -0.2) is 26.4 Å². The number of benzene rings is 3. The van der Waals surface area contributed by atoms with E-state index in [1.165, 1.54) is 27.4 Å². The fourth-order valence-electron chi connectivity index (χ4n) is 4.79. The molecule has 30 heavy (non-hydrogen) atoms. The van der Waals surface area contributed by atoms with Gasteiger partial charge in [-0.2, -0.15) is 0 Å². The molecule has 2 aliphatic rings. The maximum Gasteiger partial charge on any atom is 0.494 e. The molecule has 0 spiro atoms. The second-order valence-electron chi connectivity index (χ2n) is 10.1. The Morgan fingerprint density at radius 3 is 1.90 bits per heavy atom. The third kappa shape index (κ3) is 2.78. The first-order valence-electron chi connectivity index (χ1n) is 10.8. The average Bonchev–Trinajstić information content (AvgIpc) is 3.08. The van der Waals surface area contributed by atoms with Crippen LogP contribution >= 0.6 is 0 Å². The standard InChI is InChI=1S/C26H29BO2Si/c1-25(2)26(3,4)29-27(28-25)19-16-14-18(15-17-19)20-11-9-13-23-24(20)21-10-7-8-12-22(21)30(23,5)6/h7-17H,1-6H3. The second-order valence-corrected chi connectivity index (χ2v) is 14.4. The molecule has 2 aliphatic heterocycles. The molecule has 152 valence electrons. The van der Waals surface area contributed by atoms with Crippen LogP contribution in [0.25, 0.3) is 22.3 Å². The van der Waals surface area contributed by atoms with E-state index in [2.05, 4.69) is 108 Å². The SMILES string of the molecule is CC1(C)OB(c2ccc(-c3cccc4c3-c3ccccc3[Si]4(C)C)cc2)OC1(C)C. The van der Waals surface area contributed by atoms with Crippen LogP contribution < -0.4 is 15.8 Å². The zero-order chi connectivity index (χ0) is 21.3. The summed E-state index contributed by atoms with van der Waals surface area (Å²) in [5.41, 5.74) is 5.82. The van der Waals surface area contributed by atoms with Gasteiger partial charge >= 0.3 is 7.12 Å². The van der Waals surface area contributed by atoms with Crippen LogP contribution in [0.4, 0.5) is 0 Å². The van der Waals surface area contributed by atoms with E-state index in [1.54, 1.807) is 5.19 Å². The molecule has 0 saturated carbocycles. The average molecular weight is 412 g/mol. The van der Waals surface area contributed by atoms with Gasteiger partial charge in [0.15, 0.2) is 0 Å². The van der Waals surface area contributed by atoms with E-state index in [0.29, 0.717) is 0 Å². The van der Waals surface area contributed by atoms with E-state index in [4.69, 9.17) is 9.31 Å². The Balaban J connectivity index is 1.55. The maximum absolute atomic E-state index is 6.23. The molecule has 2 heterocycles. The van der Waals surface area contributed by atoms with Crippen molar-refractivity contribution in [1.82, 2.24) is 0 Å². The Bertz CT molecular complexity index is 1120. The summed E-state index contributed by atoms with van der Waals surface area (Å²) in [6, 6.07) is 24.5. The van der Waals surface area contributed by atoms with E-state index in [0.717, 1.165) is 5.46 Å². The summed E-state index contributed by atoms with van der Waals surface area (Å²) in [4.78, 5) is 0. The third-order valence-corrected chi connectivity index (χ3v) is 10.9. The summed E-state index contributed by atoms with van der Waals surface area (Å²) >= 11 is 0. The van der Waals surface area contributed by atoms with Crippen LogP contribution in [0, 0.1) is 0 Å². The van der Waals surface area contributed by atoms with E-state index >= 15 is 0 Å². The fourth-order valence-corrected chi connectivity index (χ4v) is 7.89. The quantitative estimate of drug-likeness (QED) is 0.579. The predicted octanol–water partition coefficient (Wildman–Crippen LogP) is 4.46. The highest BCUT2D eigenvalue weighted by Crippen LogP contribution is 2.38. The molecule has 3 aromatic carbocycles. The lowest BCUT2D eigenvalue weighted by atomic mass is 9.78. The van der Waals surface area contributed by atoms with Crippen molar-refractivity contribution in [2.24, 2.45) is 0 Å². The van der Waals surface area contributed by atoms with Gasteiger partial charge in [0, 0.05) is 0 Å². The van der Waals surface area contributed by atoms with Crippen LogP contribution in [0.15, 0.2) is 66.7 Å². The number of rotatable bonds is 2. The first kappa shape index (κ1) is 19.8. The van der Waals surface area contributed by atoms with E-state index < -0.39 is 8.07 Å². The van der Waals surface area contributed by atoms with Gasteiger partial charge < -0.3 is 9.31 Å². The molecule has 2 nitrogen and oxygen atoms in total. The number of hydrogen-bond acceptors (Lipinski definition) is 2. The Morgan fingerprint density at radius 1 is 0.667 bits per heavy atom. The van der Waals surface area contributed by atoms with Crippen molar-refractivity contribution in [2.45, 2.75) is 52.0 Å². The Kier molecular flexibility index (Phi) is 4.24. The highest BCUT2D eigenvalue weighted by Gasteiger charge is 2.51. The zero-order valence-electron chi connectivity index (χ0n) is 18.7. The lowest BCUT2D eigenvalue weighted by molar-refractivity contribution is 0.00578. The van der Waals surface area contributed by atoms with Gasteiger partial charge in [0.2, 0.25) is 0 Å². The lowest BCUT2D eigenvalue weighted by Gasteiger charge is -2.32. The molecule has 5 rings (SSSR count). The van der Waals surface area contributed by atoms with E-state index in [9.17, 15) is 0 Å². The van der Waals surface area contributed by atoms with Crippen molar-refractivity contribution in [3.8, 4) is 22.3 Å². The second kappa shape index (κ2) is 6.43. The van der Waals surface area contributed by atoms with Gasteiger partial charge in [0.05, 0.1) is 11.2 Å². The first-order valence-corrected chi connectivity index (χ1v) is 13.8. The van der Waals surface area contributed by atoms with Crippen LogP contribution in [0.1, 0.15) is 27.7 Å². The van der Waals surface area contributed by atoms with Crippen molar-refractivity contribution in [2.75, 3.05) is 0 Å². The molecular weight excluding hydrogens is 383 g/mol. The Labute approximate surface area is 181 Å². The number of hydrogen-bond donors (Lipinski definition) is 0. The van der Waals surface area contributed by atoms with Gasteiger partial charge in [-0.05, 0) is 65.8 Å². The first-order chi connectivity index (χ1) is 14.1. The van der Waals surface area contributed by atoms with Gasteiger partial charge in [0.25, 0.3) is 0 Å². The van der Waals surface area contributed by atoms with Gasteiger partial charge in [0.1, 0.15) is 8.07 Å². The molecule has 1 saturated heterocycles. The molecule has 0 atom stereocenters. The largest absolute Gasteiger partial charge is 0.494 e. The van der Waals surface area contributed by atoms with Gasteiger partial charge in [-0.3, -0.25) is 0 Å². The maximum atomic E-state index is 6.23. The molecule has 3 aromatic rings. The molecular formula is C26H29BO2Si. The molecule has 0 aliphatic carbocycles. The molecule has 0 unspecified atom stereocenters. The monoisotopic (exact) mass is 412 g/mol. The van der Waals surface area contributed by atoms with Crippen LogP contribution in [0.5, 0.6) is 0 Å². The predicted molar refractivity (Wildman–Crippen MR) is 130 cm³/mol. The molecule has 0 aromatic heterocycles. The van der Waals surface area contributed by atoms with Crippen LogP contribution in [0.2, 0.25) is 13.1 Å². The highest BCUT2D eigenvalue weighted by molar-refractivity contribution is 7.04. The van der Waals surface area contributed by atoms with Crippen molar-refractivity contribution < 1.29 is 9.31 Å². The molecule has 0 bridgehead atoms. The van der Waals surface area contributed by atoms with Crippen molar-refractivity contribution >= 4 is 31.0 Å². The highest BCUT2D eigenvalue weighted by atomic mass is 28.3. The Hall–Kier alpha value is -2.14. The summed E-state index contributed by atoms with van der Waals surface area (Å²) in [6.07, 6.45) is 0. The minimum Gasteiger partial charge on any atom is -0.399 e. The molecule has 1 fully saturated rings. The minimum atomic E-state index is -1.65. The molecule has 0 amide bonds. The van der Waals surface area contributed by atoms with Gasteiger partial charge in [-0.15, -0.1) is 0 Å². The lowest BCUT2D eigenvalue weighted by Crippen LogP contribution is -2.49. The van der Waals surface area contributed by atoms with Gasteiger partial charge in [-0.25, -0.2) is 0 Å². The van der Waals surface area contributed by atoms with Crippen molar-refractivity contribution in [1.29, 1.82) is 0 Å². The van der Waals surface area contributed by atoms with E-state index in [1.807, 2.05) is 0 Å². The number of fused-ring (bicyclic) bond motifs is 3. The van der Waals surface area contributed by atoms with Gasteiger partial charge in [-0.1, -0.05) is 79.8 Å². The Morgan fingerprint density at radius 2 is 1.23 bits per heavy atom. The van der Waals surface area contributed by atoms with E-state index in [-0.39, 0.29) is 18.3 Å². The zero-order valence-corrected chi connectivity index (χ0v) is 19.7. The van der Waals surface area contributed by atoms with Crippen LogP contribution in [-0.2, 0) is 9.31 Å². The molecule has 0 radical (unpaired) electrons. The summed E-state index contributed by atoms with van der Waals surface area (Å²) < 4.78 is 12.5. The molecule has 4 heteroatoms.